The average Bonchev–Trinajstić information content (AvgIpc) is 3.69. The maximum Gasteiger partial charge on any atom is 0.472 e. The van der Waals surface area contributed by atoms with Gasteiger partial charge < -0.3 is 45.9 Å². The second kappa shape index (κ2) is 10.8. The minimum atomic E-state index is -4.96. The SMILES string of the molecule is CO[C@H]1O[C@@H](n2cnc3c(N)ncnc32)C(O)C1OP(=O)(O)OC[C@H]1O[C@@H](n2cnc3c(Cl)nc(N)nc32)C(O)C1O. The summed E-state index contributed by atoms with van der Waals surface area (Å²) in [5.41, 5.74) is 12.2. The molecule has 2 fully saturated rings. The Morgan fingerprint density at radius 2 is 1.67 bits per heavy atom. The summed E-state index contributed by atoms with van der Waals surface area (Å²) < 4.78 is 42.4. The van der Waals surface area contributed by atoms with Crippen LogP contribution < -0.4 is 11.5 Å². The Kier molecular flexibility index (Phi) is 7.48. The molecule has 6 heterocycles. The summed E-state index contributed by atoms with van der Waals surface area (Å²) in [7, 11) is -3.72. The number of imidazole rings is 2. The van der Waals surface area contributed by atoms with Crippen molar-refractivity contribution in [1.82, 2.24) is 39.0 Å². The molecule has 5 unspecified atom stereocenters. The van der Waals surface area contributed by atoms with Crippen molar-refractivity contribution in [1.29, 1.82) is 0 Å². The summed E-state index contributed by atoms with van der Waals surface area (Å²) in [5.74, 6) is -0.0597. The Bertz CT molecular complexity index is 1680. The topological polar surface area (TPSA) is 283 Å². The van der Waals surface area contributed by atoms with Crippen molar-refractivity contribution in [2.75, 3.05) is 25.2 Å². The molecule has 22 heteroatoms. The van der Waals surface area contributed by atoms with Crippen LogP contribution in [0.5, 0.6) is 0 Å². The number of nitrogen functional groups attached to an aromatic ring is 2. The molecule has 8 N–H and O–H groups in total. The van der Waals surface area contributed by atoms with Gasteiger partial charge in [-0.2, -0.15) is 9.97 Å². The van der Waals surface area contributed by atoms with Crippen molar-refractivity contribution < 1.29 is 48.0 Å². The summed E-state index contributed by atoms with van der Waals surface area (Å²) >= 11 is 6.04. The van der Waals surface area contributed by atoms with Gasteiger partial charge in [-0.25, -0.2) is 24.5 Å². The Morgan fingerprint density at radius 3 is 2.40 bits per heavy atom. The van der Waals surface area contributed by atoms with E-state index in [1.54, 1.807) is 0 Å². The van der Waals surface area contributed by atoms with E-state index < -0.39 is 63.7 Å². The number of halogens is 1. The third kappa shape index (κ3) is 4.95. The summed E-state index contributed by atoms with van der Waals surface area (Å²) in [6.07, 6.45) is -7.51. The van der Waals surface area contributed by atoms with Gasteiger partial charge in [0.25, 0.3) is 0 Å². The fraction of sp³-hybridized carbons (Fsp3) is 0.500. The van der Waals surface area contributed by atoms with Crippen LogP contribution in [0.4, 0.5) is 11.8 Å². The number of ether oxygens (including phenoxy) is 3. The van der Waals surface area contributed by atoms with Crippen LogP contribution in [0.1, 0.15) is 12.5 Å². The molecule has 0 bridgehead atoms. The maximum absolute atomic E-state index is 12.9. The number of aromatic nitrogens is 8. The van der Waals surface area contributed by atoms with Crippen LogP contribution in [0.15, 0.2) is 19.0 Å². The molecule has 20 nitrogen and oxygen atoms in total. The molecule has 0 aliphatic carbocycles. The molecular weight excluding hydrogens is 607 g/mol. The first-order valence-electron chi connectivity index (χ1n) is 12.1. The van der Waals surface area contributed by atoms with Crippen molar-refractivity contribution in [2.24, 2.45) is 0 Å². The number of rotatable bonds is 8. The molecule has 0 saturated carbocycles. The van der Waals surface area contributed by atoms with Gasteiger partial charge in [0.2, 0.25) is 5.95 Å². The van der Waals surface area contributed by atoms with Crippen LogP contribution in [0.25, 0.3) is 22.3 Å². The van der Waals surface area contributed by atoms with Crippen molar-refractivity contribution in [3.8, 4) is 0 Å². The van der Waals surface area contributed by atoms with Gasteiger partial charge in [-0.05, 0) is 0 Å². The van der Waals surface area contributed by atoms with Crippen molar-refractivity contribution in [3.05, 3.63) is 24.1 Å². The monoisotopic (exact) mass is 630 g/mol. The number of aliphatic hydroxyl groups excluding tert-OH is 3. The molecule has 9 atom stereocenters. The molecule has 0 radical (unpaired) electrons. The summed E-state index contributed by atoms with van der Waals surface area (Å²) in [4.78, 5) is 34.4. The quantitative estimate of drug-likeness (QED) is 0.0950. The lowest BCUT2D eigenvalue weighted by Gasteiger charge is -2.23. The highest BCUT2D eigenvalue weighted by Gasteiger charge is 2.51. The van der Waals surface area contributed by atoms with Gasteiger partial charge in [0.15, 0.2) is 47.1 Å². The summed E-state index contributed by atoms with van der Waals surface area (Å²) in [5, 5.41) is 32.1. The summed E-state index contributed by atoms with van der Waals surface area (Å²) in [6.45, 7) is -0.708. The molecule has 4 aromatic rings. The zero-order valence-electron chi connectivity index (χ0n) is 21.4. The predicted octanol–water partition coefficient (Wildman–Crippen LogP) is -1.53. The molecule has 2 aliphatic heterocycles. The molecule has 0 amide bonds. The lowest BCUT2D eigenvalue weighted by molar-refractivity contribution is -0.159. The van der Waals surface area contributed by atoms with Crippen LogP contribution in [-0.4, -0.2) is 110 Å². The molecule has 4 aromatic heterocycles. The maximum atomic E-state index is 12.9. The van der Waals surface area contributed by atoms with Crippen molar-refractivity contribution in [2.45, 2.75) is 49.3 Å². The molecule has 0 spiro atoms. The van der Waals surface area contributed by atoms with Crippen LogP contribution in [0, 0.1) is 0 Å². The van der Waals surface area contributed by atoms with E-state index in [0.717, 1.165) is 0 Å². The van der Waals surface area contributed by atoms with E-state index >= 15 is 0 Å². The molecular formula is C20H24ClN10O10P. The largest absolute Gasteiger partial charge is 0.472 e. The van der Waals surface area contributed by atoms with Crippen molar-refractivity contribution in [3.63, 3.8) is 0 Å². The van der Waals surface area contributed by atoms with Crippen LogP contribution in [0.2, 0.25) is 5.15 Å². The number of phosphoric acid groups is 1. The lowest BCUT2D eigenvalue weighted by Crippen LogP contribution is -2.36. The highest BCUT2D eigenvalue weighted by Crippen LogP contribution is 2.49. The Balaban J connectivity index is 1.14. The number of aliphatic hydroxyl groups is 3. The number of hydrogen-bond donors (Lipinski definition) is 6. The van der Waals surface area contributed by atoms with Gasteiger partial charge in [0.05, 0.1) is 19.3 Å². The van der Waals surface area contributed by atoms with Crippen molar-refractivity contribution >= 4 is 53.5 Å². The van der Waals surface area contributed by atoms with Gasteiger partial charge in [0.1, 0.15) is 41.8 Å². The minimum absolute atomic E-state index is 0.0316. The third-order valence-electron chi connectivity index (χ3n) is 6.73. The number of phosphoric ester groups is 1. The molecule has 226 valence electrons. The fourth-order valence-electron chi connectivity index (χ4n) is 4.74. The first-order chi connectivity index (χ1) is 20.0. The highest BCUT2D eigenvalue weighted by atomic mass is 35.5. The molecule has 0 aromatic carbocycles. The average molecular weight is 631 g/mol. The van der Waals surface area contributed by atoms with E-state index in [9.17, 15) is 24.8 Å². The van der Waals surface area contributed by atoms with E-state index in [0.29, 0.717) is 0 Å². The standard InChI is InChI=1S/C20H24ClN10O10P/c1-37-19-12(11(34)18(40-19)30-5-27-8-14(22)24-3-25-15(8)30)41-42(35,36)38-2-6-9(32)10(33)17(39-6)31-4-26-7-13(21)28-20(23)29-16(7)31/h3-6,9-12,17-19,32-34H,2H2,1H3,(H,35,36)(H2,22,24,25)(H2,23,28,29)/t6-,9?,10?,11?,12?,17-,18-,19+/m1/s1. The first-order valence-corrected chi connectivity index (χ1v) is 14.0. The lowest BCUT2D eigenvalue weighted by atomic mass is 10.1. The number of nitrogens with zero attached hydrogens (tertiary/aromatic N) is 8. The minimum Gasteiger partial charge on any atom is -0.387 e. The predicted molar refractivity (Wildman–Crippen MR) is 138 cm³/mol. The van der Waals surface area contributed by atoms with Gasteiger partial charge in [0, 0.05) is 7.11 Å². The van der Waals surface area contributed by atoms with Crippen LogP contribution in [0.3, 0.4) is 0 Å². The second-order valence-corrected chi connectivity index (χ2v) is 11.0. The van der Waals surface area contributed by atoms with Gasteiger partial charge in [-0.3, -0.25) is 18.2 Å². The van der Waals surface area contributed by atoms with Gasteiger partial charge >= 0.3 is 7.82 Å². The summed E-state index contributed by atoms with van der Waals surface area (Å²) in [6, 6.07) is 0. The van der Waals surface area contributed by atoms with E-state index in [-0.39, 0.29) is 39.2 Å². The number of nitrogens with two attached hydrogens (primary N) is 2. The zero-order valence-corrected chi connectivity index (χ0v) is 23.0. The third-order valence-corrected chi connectivity index (χ3v) is 7.98. The zero-order chi connectivity index (χ0) is 29.9. The number of fused-ring (bicyclic) bond motifs is 2. The molecule has 6 rings (SSSR count). The van der Waals surface area contributed by atoms with E-state index in [2.05, 4.69) is 29.9 Å². The first kappa shape index (κ1) is 29.0. The number of hydrogen-bond acceptors (Lipinski definition) is 17. The smallest absolute Gasteiger partial charge is 0.387 e. The van der Waals surface area contributed by atoms with E-state index in [1.807, 2.05) is 0 Å². The Hall–Kier alpha value is -3.14. The molecule has 2 saturated heterocycles. The van der Waals surface area contributed by atoms with E-state index in [1.165, 1.54) is 35.2 Å². The Labute approximate surface area is 239 Å². The molecule has 2 aliphatic rings. The number of anilines is 2. The second-order valence-electron chi connectivity index (χ2n) is 9.28. The highest BCUT2D eigenvalue weighted by molar-refractivity contribution is 7.47. The number of methoxy groups -OCH3 is 1. The van der Waals surface area contributed by atoms with E-state index in [4.69, 9.17) is 46.3 Å². The Morgan fingerprint density at radius 1 is 0.976 bits per heavy atom. The normalized spacial score (nSPS) is 31.3. The molecule has 42 heavy (non-hydrogen) atoms. The van der Waals surface area contributed by atoms with Gasteiger partial charge in [-0.15, -0.1) is 0 Å². The fourth-order valence-corrected chi connectivity index (χ4v) is 5.89. The van der Waals surface area contributed by atoms with Crippen LogP contribution >= 0.6 is 19.4 Å². The van der Waals surface area contributed by atoms with Crippen LogP contribution in [-0.2, 0) is 27.8 Å². The van der Waals surface area contributed by atoms with Gasteiger partial charge in [-0.1, -0.05) is 11.6 Å².